The van der Waals surface area contributed by atoms with Gasteiger partial charge in [0, 0.05) is 11.6 Å². The van der Waals surface area contributed by atoms with Gasteiger partial charge >= 0.3 is 12.1 Å². The Kier molecular flexibility index (Phi) is 4.75. The maximum absolute atomic E-state index is 12.5. The maximum atomic E-state index is 12.5. The second-order valence-corrected chi connectivity index (χ2v) is 7.74. The number of ketones is 1. The molecule has 0 atom stereocenters. The summed E-state index contributed by atoms with van der Waals surface area (Å²) < 4.78 is 11.7. The van der Waals surface area contributed by atoms with Crippen LogP contribution in [0, 0.1) is 0 Å². The Labute approximate surface area is 146 Å². The summed E-state index contributed by atoms with van der Waals surface area (Å²) in [5.74, 6) is -1.76. The number of carbonyl (C=O) groups is 3. The van der Waals surface area contributed by atoms with Crippen LogP contribution in [-0.4, -0.2) is 33.6 Å². The van der Waals surface area contributed by atoms with Gasteiger partial charge in [0.15, 0.2) is 0 Å². The number of benzene rings is 1. The molecule has 0 saturated heterocycles. The smallest absolute Gasteiger partial charge is 0.419 e. The Morgan fingerprint density at radius 1 is 0.880 bits per heavy atom. The van der Waals surface area contributed by atoms with Crippen molar-refractivity contribution in [3.8, 4) is 0 Å². The number of para-hydroxylation sites is 1. The Morgan fingerprint density at radius 3 is 2.00 bits per heavy atom. The molecule has 1 heterocycles. The largest absolute Gasteiger partial charge is 0.454 e. The Balaban J connectivity index is 2.47. The molecule has 0 unspecified atom stereocenters. The van der Waals surface area contributed by atoms with E-state index in [0.717, 1.165) is 0 Å². The fraction of sp³-hybridized carbons (Fsp3) is 0.421. The average Bonchev–Trinajstić information content (AvgIpc) is 2.82. The van der Waals surface area contributed by atoms with Gasteiger partial charge in [-0.3, -0.25) is 9.36 Å². The van der Waals surface area contributed by atoms with Crippen molar-refractivity contribution in [1.29, 1.82) is 0 Å². The number of rotatable bonds is 2. The molecular formula is C19H23NO5. The van der Waals surface area contributed by atoms with Gasteiger partial charge in [0.05, 0.1) is 11.1 Å². The third-order valence-electron chi connectivity index (χ3n) is 3.13. The molecule has 2 rings (SSSR count). The van der Waals surface area contributed by atoms with E-state index in [1.807, 2.05) is 0 Å². The zero-order chi connectivity index (χ0) is 19.0. The molecule has 134 valence electrons. The first-order chi connectivity index (χ1) is 11.4. The van der Waals surface area contributed by atoms with Gasteiger partial charge in [-0.1, -0.05) is 18.2 Å². The standard InChI is InChI=1S/C19H23NO5/c1-18(2,3)24-16(22)15(21)13-11-20(17(23)25-19(4,5)6)14-10-8-7-9-12(13)14/h7-11H,1-6H3. The monoisotopic (exact) mass is 345 g/mol. The predicted octanol–water partition coefficient (Wildman–Crippen LogP) is 3.95. The van der Waals surface area contributed by atoms with Gasteiger partial charge in [-0.15, -0.1) is 0 Å². The van der Waals surface area contributed by atoms with Crippen molar-refractivity contribution < 1.29 is 23.9 Å². The zero-order valence-corrected chi connectivity index (χ0v) is 15.4. The highest BCUT2D eigenvalue weighted by molar-refractivity contribution is 6.43. The number of carbonyl (C=O) groups excluding carboxylic acids is 3. The number of fused-ring (bicyclic) bond motifs is 1. The SMILES string of the molecule is CC(C)(C)OC(=O)C(=O)c1cn(C(=O)OC(C)(C)C)c2ccccc12. The van der Waals surface area contributed by atoms with Crippen molar-refractivity contribution in [2.45, 2.75) is 52.7 Å². The molecule has 0 amide bonds. The summed E-state index contributed by atoms with van der Waals surface area (Å²) in [6.07, 6.45) is 0.706. The highest BCUT2D eigenvalue weighted by Gasteiger charge is 2.28. The van der Waals surface area contributed by atoms with Gasteiger partial charge in [-0.25, -0.2) is 9.59 Å². The molecule has 0 aliphatic heterocycles. The minimum atomic E-state index is -0.959. The molecule has 0 spiro atoms. The number of hydrogen-bond acceptors (Lipinski definition) is 5. The first-order valence-electron chi connectivity index (χ1n) is 8.00. The van der Waals surface area contributed by atoms with E-state index in [9.17, 15) is 14.4 Å². The average molecular weight is 345 g/mol. The van der Waals surface area contributed by atoms with Gasteiger partial charge in [0.25, 0.3) is 5.78 Å². The molecular weight excluding hydrogens is 322 g/mol. The Bertz CT molecular complexity index is 834. The van der Waals surface area contributed by atoms with E-state index >= 15 is 0 Å². The van der Waals surface area contributed by atoms with Crippen LogP contribution in [0.5, 0.6) is 0 Å². The fourth-order valence-electron chi connectivity index (χ4n) is 2.26. The van der Waals surface area contributed by atoms with Gasteiger partial charge in [0.2, 0.25) is 0 Å². The topological polar surface area (TPSA) is 74.6 Å². The van der Waals surface area contributed by atoms with Crippen LogP contribution in [0.3, 0.4) is 0 Å². The van der Waals surface area contributed by atoms with Crippen molar-refractivity contribution in [1.82, 2.24) is 4.57 Å². The van der Waals surface area contributed by atoms with E-state index in [-0.39, 0.29) is 5.56 Å². The molecule has 2 aromatic rings. The number of aromatic nitrogens is 1. The first-order valence-corrected chi connectivity index (χ1v) is 8.00. The number of ether oxygens (including phenoxy) is 2. The van der Waals surface area contributed by atoms with Crippen LogP contribution in [0.4, 0.5) is 4.79 Å². The van der Waals surface area contributed by atoms with Crippen LogP contribution in [0.15, 0.2) is 30.5 Å². The van der Waals surface area contributed by atoms with E-state index in [0.29, 0.717) is 10.9 Å². The molecule has 1 aromatic heterocycles. The lowest BCUT2D eigenvalue weighted by atomic mass is 10.1. The van der Waals surface area contributed by atoms with E-state index in [1.165, 1.54) is 10.8 Å². The summed E-state index contributed by atoms with van der Waals surface area (Å²) >= 11 is 0. The second-order valence-electron chi connectivity index (χ2n) is 7.74. The summed E-state index contributed by atoms with van der Waals surface area (Å²) in [5, 5.41) is 0.490. The molecule has 0 radical (unpaired) electrons. The van der Waals surface area contributed by atoms with E-state index < -0.39 is 29.0 Å². The third-order valence-corrected chi connectivity index (χ3v) is 3.13. The van der Waals surface area contributed by atoms with Crippen LogP contribution < -0.4 is 0 Å². The van der Waals surface area contributed by atoms with Crippen molar-refractivity contribution in [2.75, 3.05) is 0 Å². The molecule has 0 saturated carbocycles. The van der Waals surface area contributed by atoms with Crippen molar-refractivity contribution in [2.24, 2.45) is 0 Å². The van der Waals surface area contributed by atoms with Crippen LogP contribution >= 0.6 is 0 Å². The molecule has 25 heavy (non-hydrogen) atoms. The molecule has 6 heteroatoms. The van der Waals surface area contributed by atoms with Crippen LogP contribution in [0.2, 0.25) is 0 Å². The Hall–Kier alpha value is -2.63. The number of esters is 1. The highest BCUT2D eigenvalue weighted by atomic mass is 16.6. The summed E-state index contributed by atoms with van der Waals surface area (Å²) in [6.45, 7) is 10.3. The third kappa shape index (κ3) is 4.47. The molecule has 6 nitrogen and oxygen atoms in total. The fourth-order valence-corrected chi connectivity index (χ4v) is 2.26. The lowest BCUT2D eigenvalue weighted by Crippen LogP contribution is -2.29. The minimum Gasteiger partial charge on any atom is -0.454 e. The van der Waals surface area contributed by atoms with Crippen LogP contribution in [-0.2, 0) is 14.3 Å². The molecule has 0 fully saturated rings. The zero-order valence-electron chi connectivity index (χ0n) is 15.4. The van der Waals surface area contributed by atoms with E-state index in [4.69, 9.17) is 9.47 Å². The first kappa shape index (κ1) is 18.7. The van der Waals surface area contributed by atoms with E-state index in [1.54, 1.807) is 65.8 Å². The minimum absolute atomic E-state index is 0.107. The van der Waals surface area contributed by atoms with Crippen molar-refractivity contribution in [3.05, 3.63) is 36.0 Å². The van der Waals surface area contributed by atoms with E-state index in [2.05, 4.69) is 0 Å². The molecule has 1 aromatic carbocycles. The van der Waals surface area contributed by atoms with Gasteiger partial charge in [-0.2, -0.15) is 0 Å². The van der Waals surface area contributed by atoms with Crippen molar-refractivity contribution >= 4 is 28.7 Å². The van der Waals surface area contributed by atoms with Crippen LogP contribution in [0.1, 0.15) is 51.9 Å². The molecule has 0 N–H and O–H groups in total. The van der Waals surface area contributed by atoms with Crippen LogP contribution in [0.25, 0.3) is 10.9 Å². The lowest BCUT2D eigenvalue weighted by molar-refractivity contribution is -0.148. The lowest BCUT2D eigenvalue weighted by Gasteiger charge is -2.19. The number of Topliss-reactive ketones (excluding diaryl/α,β-unsaturated/α-hetero) is 1. The predicted molar refractivity (Wildman–Crippen MR) is 93.7 cm³/mol. The summed E-state index contributed by atoms with van der Waals surface area (Å²) in [7, 11) is 0. The number of nitrogens with zero attached hydrogens (tertiary/aromatic N) is 1. The summed E-state index contributed by atoms with van der Waals surface area (Å²) in [5.41, 5.74) is -0.868. The van der Waals surface area contributed by atoms with Crippen molar-refractivity contribution in [3.63, 3.8) is 0 Å². The van der Waals surface area contributed by atoms with Gasteiger partial charge in [0.1, 0.15) is 11.2 Å². The molecule has 0 aliphatic rings. The summed E-state index contributed by atoms with van der Waals surface area (Å²) in [4.78, 5) is 37.1. The quantitative estimate of drug-likeness (QED) is 0.468. The normalized spacial score (nSPS) is 12.1. The second kappa shape index (κ2) is 6.35. The summed E-state index contributed by atoms with van der Waals surface area (Å²) in [6, 6.07) is 6.83. The van der Waals surface area contributed by atoms with Gasteiger partial charge in [-0.05, 0) is 47.6 Å². The number of hydrogen-bond donors (Lipinski definition) is 0. The van der Waals surface area contributed by atoms with Gasteiger partial charge < -0.3 is 9.47 Å². The highest BCUT2D eigenvalue weighted by Crippen LogP contribution is 2.24. The maximum Gasteiger partial charge on any atom is 0.419 e. The molecule has 0 bridgehead atoms. The molecule has 0 aliphatic carbocycles. The Morgan fingerprint density at radius 2 is 1.44 bits per heavy atom.